The van der Waals surface area contributed by atoms with Crippen molar-refractivity contribution in [1.29, 1.82) is 0 Å². The second-order valence-electron chi connectivity index (χ2n) is 7.83. The Bertz CT molecular complexity index is 968. The smallest absolute Gasteiger partial charge is 0.131 e. The molecule has 5 heteroatoms. The third-order valence-corrected chi connectivity index (χ3v) is 5.69. The lowest BCUT2D eigenvalue weighted by Crippen LogP contribution is -2.21. The van der Waals surface area contributed by atoms with Gasteiger partial charge in [-0.15, -0.1) is 0 Å². The molecule has 0 radical (unpaired) electrons. The van der Waals surface area contributed by atoms with Gasteiger partial charge >= 0.3 is 0 Å². The first kappa shape index (κ1) is 18.5. The average Bonchev–Trinajstić information content (AvgIpc) is 3.07. The summed E-state index contributed by atoms with van der Waals surface area (Å²) in [5, 5.41) is 14.9. The fourth-order valence-corrected chi connectivity index (χ4v) is 4.21. The third kappa shape index (κ3) is 3.88. The molecule has 0 amide bonds. The molecule has 4 rings (SSSR count). The highest BCUT2D eigenvalue weighted by molar-refractivity contribution is 6.03. The number of nitrogens with two attached hydrogens (primary N) is 1. The van der Waals surface area contributed by atoms with Gasteiger partial charge in [-0.05, 0) is 43.9 Å². The van der Waals surface area contributed by atoms with Gasteiger partial charge < -0.3 is 16.2 Å². The van der Waals surface area contributed by atoms with Gasteiger partial charge in [0.15, 0.2) is 0 Å². The maximum Gasteiger partial charge on any atom is 0.131 e. The molecule has 28 heavy (non-hydrogen) atoms. The number of amidine groups is 1. The SMILES string of the molecule is Cc1cc(NC2=C(C(N)=NCC3CCCCC3)C(O)=CC2)c2ccccc2n1. The summed E-state index contributed by atoms with van der Waals surface area (Å²) in [4.78, 5) is 9.23. The monoisotopic (exact) mass is 376 g/mol. The number of fused-ring (bicyclic) bond motifs is 1. The third-order valence-electron chi connectivity index (χ3n) is 5.69. The summed E-state index contributed by atoms with van der Waals surface area (Å²) in [6, 6.07) is 10.1. The van der Waals surface area contributed by atoms with Gasteiger partial charge in [0.2, 0.25) is 0 Å². The van der Waals surface area contributed by atoms with Gasteiger partial charge in [0, 0.05) is 35.4 Å². The molecule has 0 saturated heterocycles. The van der Waals surface area contributed by atoms with Gasteiger partial charge in [0.05, 0.1) is 11.1 Å². The number of aromatic nitrogens is 1. The lowest BCUT2D eigenvalue weighted by atomic mass is 9.89. The number of aryl methyl sites for hydroxylation is 1. The van der Waals surface area contributed by atoms with Crippen LogP contribution in [0.1, 0.15) is 44.2 Å². The highest BCUT2D eigenvalue weighted by Crippen LogP contribution is 2.30. The quantitative estimate of drug-likeness (QED) is 0.507. The molecule has 1 aromatic carbocycles. The first-order chi connectivity index (χ1) is 13.6. The van der Waals surface area contributed by atoms with E-state index < -0.39 is 0 Å². The zero-order chi connectivity index (χ0) is 19.5. The van der Waals surface area contributed by atoms with E-state index in [1.807, 2.05) is 37.3 Å². The molecule has 2 aliphatic carbocycles. The Labute approximate surface area is 166 Å². The molecule has 146 valence electrons. The minimum absolute atomic E-state index is 0.211. The zero-order valence-electron chi connectivity index (χ0n) is 16.4. The second-order valence-corrected chi connectivity index (χ2v) is 7.83. The van der Waals surface area contributed by atoms with Crippen molar-refractivity contribution in [2.45, 2.75) is 45.4 Å². The van der Waals surface area contributed by atoms with Crippen LogP contribution in [0.4, 0.5) is 5.69 Å². The van der Waals surface area contributed by atoms with Gasteiger partial charge in [-0.3, -0.25) is 9.98 Å². The fourth-order valence-electron chi connectivity index (χ4n) is 4.21. The summed E-state index contributed by atoms with van der Waals surface area (Å²) in [6.07, 6.45) is 8.76. The predicted molar refractivity (Wildman–Crippen MR) is 116 cm³/mol. The number of allylic oxidation sites excluding steroid dienone is 1. The van der Waals surface area contributed by atoms with E-state index in [1.165, 1.54) is 32.1 Å². The summed E-state index contributed by atoms with van der Waals surface area (Å²) in [7, 11) is 0. The summed E-state index contributed by atoms with van der Waals surface area (Å²) >= 11 is 0. The molecule has 1 heterocycles. The van der Waals surface area contributed by atoms with Crippen LogP contribution in [-0.2, 0) is 0 Å². The van der Waals surface area contributed by atoms with Crippen LogP contribution in [0, 0.1) is 12.8 Å². The van der Waals surface area contributed by atoms with Crippen molar-refractivity contribution in [3.63, 3.8) is 0 Å². The van der Waals surface area contributed by atoms with E-state index >= 15 is 0 Å². The van der Waals surface area contributed by atoms with Crippen molar-refractivity contribution < 1.29 is 5.11 Å². The Kier molecular flexibility index (Phi) is 5.33. The molecule has 5 nitrogen and oxygen atoms in total. The van der Waals surface area contributed by atoms with E-state index in [0.717, 1.165) is 34.5 Å². The molecule has 1 saturated carbocycles. The largest absolute Gasteiger partial charge is 0.507 e. The molecule has 4 N–H and O–H groups in total. The van der Waals surface area contributed by atoms with E-state index in [-0.39, 0.29) is 5.76 Å². The first-order valence-corrected chi connectivity index (χ1v) is 10.2. The number of aliphatic hydroxyl groups excluding tert-OH is 1. The van der Waals surface area contributed by atoms with Crippen LogP contribution in [0.3, 0.4) is 0 Å². The number of hydrogen-bond donors (Lipinski definition) is 3. The highest BCUT2D eigenvalue weighted by Gasteiger charge is 2.22. The van der Waals surface area contributed by atoms with Gasteiger partial charge in [-0.2, -0.15) is 0 Å². The second kappa shape index (κ2) is 8.05. The normalized spacial score (nSPS) is 18.6. The molecular weight excluding hydrogens is 348 g/mol. The van der Waals surface area contributed by atoms with Crippen molar-refractivity contribution >= 4 is 22.4 Å². The number of aliphatic imine (C=N–C) groups is 1. The summed E-state index contributed by atoms with van der Waals surface area (Å²) in [5.41, 5.74) is 10.7. The number of nitrogens with one attached hydrogen (secondary N) is 1. The molecule has 0 aliphatic heterocycles. The van der Waals surface area contributed by atoms with Gasteiger partial charge in [-0.25, -0.2) is 0 Å². The average molecular weight is 377 g/mol. The molecule has 0 atom stereocenters. The number of rotatable bonds is 5. The number of pyridine rings is 1. The fraction of sp³-hybridized carbons (Fsp3) is 0.391. The van der Waals surface area contributed by atoms with Gasteiger partial charge in [0.25, 0.3) is 0 Å². The topological polar surface area (TPSA) is 83.5 Å². The molecule has 1 aromatic heterocycles. The van der Waals surface area contributed by atoms with Crippen LogP contribution in [0.25, 0.3) is 10.9 Å². The number of hydrogen-bond acceptors (Lipinski definition) is 4. The van der Waals surface area contributed by atoms with E-state index in [4.69, 9.17) is 5.73 Å². The lowest BCUT2D eigenvalue weighted by Gasteiger charge is -2.20. The number of nitrogens with zero attached hydrogens (tertiary/aromatic N) is 2. The summed E-state index contributed by atoms with van der Waals surface area (Å²) < 4.78 is 0. The molecule has 0 spiro atoms. The van der Waals surface area contributed by atoms with Gasteiger partial charge in [0.1, 0.15) is 11.6 Å². The van der Waals surface area contributed by atoms with Crippen molar-refractivity contribution in [2.75, 3.05) is 11.9 Å². The molecule has 0 unspecified atom stereocenters. The Morgan fingerprint density at radius 3 is 2.86 bits per heavy atom. The first-order valence-electron chi connectivity index (χ1n) is 10.2. The van der Waals surface area contributed by atoms with Crippen molar-refractivity contribution in [3.8, 4) is 0 Å². The van der Waals surface area contributed by atoms with E-state index in [0.29, 0.717) is 23.7 Å². The summed E-state index contributed by atoms with van der Waals surface area (Å²) in [5.74, 6) is 1.25. The van der Waals surface area contributed by atoms with Crippen molar-refractivity contribution in [1.82, 2.24) is 4.98 Å². The Morgan fingerprint density at radius 1 is 1.25 bits per heavy atom. The Balaban J connectivity index is 1.61. The van der Waals surface area contributed by atoms with Crippen LogP contribution in [0.15, 0.2) is 58.4 Å². The van der Waals surface area contributed by atoms with Crippen LogP contribution < -0.4 is 11.1 Å². The molecular formula is C23H28N4O. The van der Waals surface area contributed by atoms with Crippen LogP contribution >= 0.6 is 0 Å². The molecule has 2 aliphatic rings. The maximum absolute atomic E-state index is 10.4. The number of benzene rings is 1. The van der Waals surface area contributed by atoms with Crippen molar-refractivity contribution in [3.05, 3.63) is 59.1 Å². The zero-order valence-corrected chi connectivity index (χ0v) is 16.4. The van der Waals surface area contributed by atoms with Crippen LogP contribution in [0.5, 0.6) is 0 Å². The Hall–Kier alpha value is -2.82. The number of para-hydroxylation sites is 1. The molecule has 0 bridgehead atoms. The maximum atomic E-state index is 10.4. The number of anilines is 1. The highest BCUT2D eigenvalue weighted by atomic mass is 16.3. The van der Waals surface area contributed by atoms with Crippen LogP contribution in [0.2, 0.25) is 0 Å². The van der Waals surface area contributed by atoms with E-state index in [1.54, 1.807) is 6.08 Å². The lowest BCUT2D eigenvalue weighted by molar-refractivity contribution is 0.367. The minimum atomic E-state index is 0.211. The van der Waals surface area contributed by atoms with Crippen LogP contribution in [-0.4, -0.2) is 22.5 Å². The predicted octanol–water partition coefficient (Wildman–Crippen LogP) is 4.99. The number of aliphatic hydroxyl groups is 1. The summed E-state index contributed by atoms with van der Waals surface area (Å²) in [6.45, 7) is 2.73. The van der Waals surface area contributed by atoms with E-state index in [9.17, 15) is 5.11 Å². The standard InChI is InChI=1S/C23H28N4O/c1-15-13-20(17-9-5-6-10-18(17)26-15)27-19-11-12-21(28)22(19)23(24)25-14-16-7-3-2-4-8-16/h5-6,9-10,12-13,16,28H,2-4,7-8,11,14H2,1H3,(H2,24,25)(H,26,27). The van der Waals surface area contributed by atoms with Gasteiger partial charge in [-0.1, -0.05) is 37.5 Å². The molecule has 1 fully saturated rings. The minimum Gasteiger partial charge on any atom is -0.507 e. The molecule has 2 aromatic rings. The van der Waals surface area contributed by atoms with E-state index in [2.05, 4.69) is 15.3 Å². The Morgan fingerprint density at radius 2 is 2.04 bits per heavy atom. The van der Waals surface area contributed by atoms with Crippen molar-refractivity contribution in [2.24, 2.45) is 16.6 Å².